The molecule has 3 aromatic rings. The maximum Gasteiger partial charge on any atom is 0.393 e. The normalized spacial score (nSPS) is 19.3. The number of halogens is 3. The first kappa shape index (κ1) is 25.8. The molecular formula is C26H31F3N4O3. The van der Waals surface area contributed by atoms with E-state index < -0.39 is 30.0 Å². The second kappa shape index (κ2) is 10.0. The number of piperidine rings is 1. The van der Waals surface area contributed by atoms with Crippen molar-refractivity contribution in [3.05, 3.63) is 63.2 Å². The van der Waals surface area contributed by atoms with Crippen LogP contribution in [0.5, 0.6) is 5.75 Å². The van der Waals surface area contributed by atoms with E-state index in [0.717, 1.165) is 0 Å². The Morgan fingerprint density at radius 2 is 2.00 bits per heavy atom. The summed E-state index contributed by atoms with van der Waals surface area (Å²) in [6.07, 6.45) is -3.93. The fourth-order valence-electron chi connectivity index (χ4n) is 5.50. The van der Waals surface area contributed by atoms with Crippen LogP contribution in [0.2, 0.25) is 0 Å². The Balaban J connectivity index is 1.70. The number of para-hydroxylation sites is 1. The number of carbonyl (C=O) groups is 1. The molecule has 2 aromatic heterocycles. The summed E-state index contributed by atoms with van der Waals surface area (Å²) in [7, 11) is 1.45. The van der Waals surface area contributed by atoms with Gasteiger partial charge in [0.1, 0.15) is 5.75 Å². The number of ether oxygens (including phenoxy) is 1. The summed E-state index contributed by atoms with van der Waals surface area (Å²) >= 11 is 0. The molecule has 3 unspecified atom stereocenters. The quantitative estimate of drug-likeness (QED) is 0.469. The van der Waals surface area contributed by atoms with Gasteiger partial charge in [-0.15, -0.1) is 0 Å². The van der Waals surface area contributed by atoms with Gasteiger partial charge in [-0.25, -0.2) is 0 Å². The molecule has 1 aromatic carbocycles. The number of amides is 1. The Kier molecular flexibility index (Phi) is 7.17. The third-order valence-corrected chi connectivity index (χ3v) is 7.24. The van der Waals surface area contributed by atoms with Gasteiger partial charge in [-0.2, -0.15) is 13.2 Å². The number of aromatic amines is 1. The molecule has 3 atom stereocenters. The molecule has 1 fully saturated rings. The summed E-state index contributed by atoms with van der Waals surface area (Å²) in [6, 6.07) is 8.43. The van der Waals surface area contributed by atoms with Gasteiger partial charge in [-0.1, -0.05) is 18.2 Å². The SMILES string of the molecule is COc1cc(C)[nH]c(=O)c1CNC(=O)c1c(C)n(C(C)C2CCNCC2C(F)(F)F)c2ccccc12. The summed E-state index contributed by atoms with van der Waals surface area (Å²) < 4.78 is 48.7. The second-order valence-corrected chi connectivity index (χ2v) is 9.40. The summed E-state index contributed by atoms with van der Waals surface area (Å²) in [5.41, 5.74) is 2.24. The summed E-state index contributed by atoms with van der Waals surface area (Å²) in [6.45, 7) is 5.63. The van der Waals surface area contributed by atoms with E-state index in [9.17, 15) is 22.8 Å². The molecule has 36 heavy (non-hydrogen) atoms. The molecule has 4 rings (SSSR count). The molecule has 0 bridgehead atoms. The van der Waals surface area contributed by atoms with Crippen LogP contribution in [0.25, 0.3) is 10.9 Å². The highest BCUT2D eigenvalue weighted by Gasteiger charge is 2.48. The van der Waals surface area contributed by atoms with Gasteiger partial charge in [0.2, 0.25) is 0 Å². The van der Waals surface area contributed by atoms with Crippen molar-refractivity contribution >= 4 is 16.8 Å². The number of nitrogens with one attached hydrogen (secondary N) is 3. The van der Waals surface area contributed by atoms with Crippen LogP contribution in [-0.4, -0.2) is 41.8 Å². The highest BCUT2D eigenvalue weighted by molar-refractivity contribution is 6.08. The van der Waals surface area contributed by atoms with Crippen molar-refractivity contribution in [1.29, 1.82) is 0 Å². The van der Waals surface area contributed by atoms with Crippen molar-refractivity contribution < 1.29 is 22.7 Å². The predicted molar refractivity (Wildman–Crippen MR) is 131 cm³/mol. The lowest BCUT2D eigenvalue weighted by Gasteiger charge is -2.38. The third kappa shape index (κ3) is 4.74. The molecule has 1 aliphatic heterocycles. The first-order valence-electron chi connectivity index (χ1n) is 12.0. The second-order valence-electron chi connectivity index (χ2n) is 9.40. The van der Waals surface area contributed by atoms with Crippen molar-refractivity contribution in [2.45, 2.75) is 46.0 Å². The summed E-state index contributed by atoms with van der Waals surface area (Å²) in [4.78, 5) is 28.5. The van der Waals surface area contributed by atoms with Gasteiger partial charge in [0.15, 0.2) is 0 Å². The van der Waals surface area contributed by atoms with E-state index in [4.69, 9.17) is 4.74 Å². The summed E-state index contributed by atoms with van der Waals surface area (Å²) in [5, 5.41) is 6.33. The lowest BCUT2D eigenvalue weighted by atomic mass is 9.81. The zero-order valence-electron chi connectivity index (χ0n) is 20.8. The smallest absolute Gasteiger partial charge is 0.393 e. The fourth-order valence-corrected chi connectivity index (χ4v) is 5.50. The van der Waals surface area contributed by atoms with Crippen LogP contribution in [0.15, 0.2) is 35.1 Å². The minimum atomic E-state index is -4.32. The van der Waals surface area contributed by atoms with Gasteiger partial charge in [-0.3, -0.25) is 9.59 Å². The maximum absolute atomic E-state index is 13.8. The molecule has 1 amide bonds. The minimum Gasteiger partial charge on any atom is -0.496 e. The van der Waals surface area contributed by atoms with Crippen molar-refractivity contribution in [1.82, 2.24) is 20.2 Å². The van der Waals surface area contributed by atoms with Gasteiger partial charge < -0.3 is 24.9 Å². The number of alkyl halides is 3. The molecule has 1 saturated heterocycles. The van der Waals surface area contributed by atoms with Crippen LogP contribution < -0.4 is 20.9 Å². The molecule has 0 spiro atoms. The number of pyridine rings is 1. The number of aromatic nitrogens is 2. The van der Waals surface area contributed by atoms with Crippen LogP contribution in [0.1, 0.15) is 46.7 Å². The van der Waals surface area contributed by atoms with Crippen LogP contribution in [0.3, 0.4) is 0 Å². The van der Waals surface area contributed by atoms with E-state index in [1.165, 1.54) is 7.11 Å². The Hall–Kier alpha value is -3.27. The van der Waals surface area contributed by atoms with Crippen molar-refractivity contribution in [3.8, 4) is 5.75 Å². The van der Waals surface area contributed by atoms with Crippen LogP contribution in [0, 0.1) is 25.7 Å². The number of benzene rings is 1. The number of hydrogen-bond acceptors (Lipinski definition) is 4. The highest BCUT2D eigenvalue weighted by atomic mass is 19.4. The molecule has 1 aliphatic rings. The maximum atomic E-state index is 13.8. The lowest BCUT2D eigenvalue weighted by Crippen LogP contribution is -2.46. The van der Waals surface area contributed by atoms with Gasteiger partial charge in [0.05, 0.1) is 30.7 Å². The third-order valence-electron chi connectivity index (χ3n) is 7.24. The van der Waals surface area contributed by atoms with Crippen molar-refractivity contribution in [2.24, 2.45) is 11.8 Å². The molecule has 7 nitrogen and oxygen atoms in total. The molecule has 3 heterocycles. The van der Waals surface area contributed by atoms with Gasteiger partial charge >= 0.3 is 6.18 Å². The Morgan fingerprint density at radius 3 is 2.69 bits per heavy atom. The topological polar surface area (TPSA) is 88.2 Å². The van der Waals surface area contributed by atoms with E-state index in [2.05, 4.69) is 15.6 Å². The van der Waals surface area contributed by atoms with Crippen LogP contribution in [0.4, 0.5) is 13.2 Å². The monoisotopic (exact) mass is 504 g/mol. The number of carbonyl (C=O) groups excluding carboxylic acids is 1. The largest absolute Gasteiger partial charge is 0.496 e. The first-order valence-corrected chi connectivity index (χ1v) is 12.0. The molecular weight excluding hydrogens is 473 g/mol. The van der Waals surface area contributed by atoms with E-state index in [1.807, 2.05) is 16.7 Å². The Labute approximate surface area is 207 Å². The fraction of sp³-hybridized carbons (Fsp3) is 0.462. The number of aryl methyl sites for hydroxylation is 1. The van der Waals surface area contributed by atoms with Gasteiger partial charge in [0.25, 0.3) is 11.5 Å². The molecule has 10 heteroatoms. The molecule has 0 saturated carbocycles. The van der Waals surface area contributed by atoms with Crippen molar-refractivity contribution in [3.63, 3.8) is 0 Å². The Bertz CT molecular complexity index is 1330. The number of nitrogens with zero attached hydrogens (tertiary/aromatic N) is 1. The molecule has 0 aliphatic carbocycles. The van der Waals surface area contributed by atoms with E-state index >= 15 is 0 Å². The molecule has 3 N–H and O–H groups in total. The Morgan fingerprint density at radius 1 is 1.28 bits per heavy atom. The minimum absolute atomic E-state index is 0.0590. The zero-order chi connectivity index (χ0) is 26.2. The molecule has 0 radical (unpaired) electrons. The molecule has 194 valence electrons. The van der Waals surface area contributed by atoms with E-state index in [0.29, 0.717) is 46.6 Å². The van der Waals surface area contributed by atoms with Crippen LogP contribution in [-0.2, 0) is 6.54 Å². The van der Waals surface area contributed by atoms with Crippen LogP contribution >= 0.6 is 0 Å². The van der Waals surface area contributed by atoms with E-state index in [-0.39, 0.29) is 24.2 Å². The highest BCUT2D eigenvalue weighted by Crippen LogP contribution is 2.42. The van der Waals surface area contributed by atoms with Gasteiger partial charge in [0, 0.05) is 34.9 Å². The number of H-pyrrole nitrogens is 1. The first-order chi connectivity index (χ1) is 17.0. The number of fused-ring (bicyclic) bond motifs is 1. The summed E-state index contributed by atoms with van der Waals surface area (Å²) in [5.74, 6) is -2.14. The zero-order valence-corrected chi connectivity index (χ0v) is 20.8. The number of hydrogen-bond donors (Lipinski definition) is 3. The van der Waals surface area contributed by atoms with E-state index in [1.54, 1.807) is 39.0 Å². The van der Waals surface area contributed by atoms with Gasteiger partial charge in [-0.05, 0) is 51.8 Å². The average Bonchev–Trinajstić information content (AvgIpc) is 3.13. The lowest BCUT2D eigenvalue weighted by molar-refractivity contribution is -0.196. The predicted octanol–water partition coefficient (Wildman–Crippen LogP) is 4.23. The number of methoxy groups -OCH3 is 1. The average molecular weight is 505 g/mol. The number of rotatable bonds is 6. The van der Waals surface area contributed by atoms with Crippen molar-refractivity contribution in [2.75, 3.05) is 20.2 Å². The standard InChI is InChI=1S/C26H31F3N4O3/c1-14-11-22(36-4)19(24(34)32-14)12-31-25(35)23-16(3)33(21-8-6-5-7-18(21)23)15(2)17-9-10-30-13-20(17)26(27,28)29/h5-8,11,15,17,20,30H,9-10,12-13H2,1-4H3,(H,31,35)(H,32,34).